The zero-order valence-corrected chi connectivity index (χ0v) is 22.6. The summed E-state index contributed by atoms with van der Waals surface area (Å²) in [5.74, 6) is -0.0532. The van der Waals surface area contributed by atoms with Gasteiger partial charge in [0.15, 0.2) is 0 Å². The van der Waals surface area contributed by atoms with E-state index in [0.29, 0.717) is 24.4 Å². The number of hydrogen-bond acceptors (Lipinski definition) is 5. The van der Waals surface area contributed by atoms with Crippen molar-refractivity contribution in [2.75, 3.05) is 19.0 Å². The monoisotopic (exact) mass is 497 g/mol. The second kappa shape index (κ2) is 12.4. The summed E-state index contributed by atoms with van der Waals surface area (Å²) in [4.78, 5) is 41.2. The van der Waals surface area contributed by atoms with Crippen molar-refractivity contribution < 1.29 is 23.9 Å². The van der Waals surface area contributed by atoms with Gasteiger partial charge in [-0.3, -0.25) is 9.59 Å². The van der Waals surface area contributed by atoms with E-state index in [1.54, 1.807) is 59.1 Å². The number of carbonyl (C=O) groups is 3. The standard InChI is InChI=1S/C28H39N3O5/c1-9-17-31(26(33)20(4)29-27(34)36-28(5,6)7)24(23-12-10-11-18(2)19(23)3)25(32)30-21-13-15-22(35-8)16-14-21/h10-16,20,24H,9,17H2,1-8H3,(H,29,34)(H,30,32). The van der Waals surface area contributed by atoms with Gasteiger partial charge in [-0.2, -0.15) is 0 Å². The molecule has 0 aliphatic carbocycles. The Morgan fingerprint density at radius 1 is 1.03 bits per heavy atom. The van der Waals surface area contributed by atoms with Crippen LogP contribution in [0.4, 0.5) is 10.5 Å². The highest BCUT2D eigenvalue weighted by Gasteiger charge is 2.35. The number of carbonyl (C=O) groups excluding carboxylic acids is 3. The van der Waals surface area contributed by atoms with Crippen LogP contribution in [0.15, 0.2) is 42.5 Å². The molecule has 0 aliphatic heterocycles. The lowest BCUT2D eigenvalue weighted by Gasteiger charge is -2.34. The predicted molar refractivity (Wildman–Crippen MR) is 141 cm³/mol. The highest BCUT2D eigenvalue weighted by atomic mass is 16.6. The molecule has 0 aliphatic rings. The number of benzene rings is 2. The number of nitrogens with one attached hydrogen (secondary N) is 2. The zero-order valence-electron chi connectivity index (χ0n) is 22.6. The SMILES string of the molecule is CCCN(C(=O)C(C)NC(=O)OC(C)(C)C)C(C(=O)Nc1ccc(OC)cc1)c1cccc(C)c1C. The van der Waals surface area contributed by atoms with Crippen molar-refractivity contribution in [3.05, 3.63) is 59.2 Å². The fourth-order valence-corrected chi connectivity index (χ4v) is 3.81. The van der Waals surface area contributed by atoms with Crippen molar-refractivity contribution in [3.8, 4) is 5.75 Å². The Balaban J connectivity index is 2.43. The number of hydrogen-bond donors (Lipinski definition) is 2. The van der Waals surface area contributed by atoms with Crippen LogP contribution in [0.1, 0.15) is 63.8 Å². The fraction of sp³-hybridized carbons (Fsp3) is 0.464. The topological polar surface area (TPSA) is 97.0 Å². The van der Waals surface area contributed by atoms with Crippen molar-refractivity contribution in [1.29, 1.82) is 0 Å². The van der Waals surface area contributed by atoms with Crippen LogP contribution in [0.2, 0.25) is 0 Å². The van der Waals surface area contributed by atoms with Crippen LogP contribution in [0, 0.1) is 13.8 Å². The summed E-state index contributed by atoms with van der Waals surface area (Å²) < 4.78 is 10.5. The minimum Gasteiger partial charge on any atom is -0.497 e. The number of aryl methyl sites for hydroxylation is 1. The molecule has 2 aromatic rings. The molecule has 0 spiro atoms. The molecule has 196 valence electrons. The van der Waals surface area contributed by atoms with Gasteiger partial charge in [-0.05, 0) is 88.9 Å². The highest BCUT2D eigenvalue weighted by Crippen LogP contribution is 2.29. The van der Waals surface area contributed by atoms with Crippen LogP contribution in [-0.2, 0) is 14.3 Å². The van der Waals surface area contributed by atoms with E-state index in [4.69, 9.17) is 9.47 Å². The third-order valence-corrected chi connectivity index (χ3v) is 5.71. The smallest absolute Gasteiger partial charge is 0.408 e. The molecular weight excluding hydrogens is 458 g/mol. The Morgan fingerprint density at radius 2 is 1.67 bits per heavy atom. The van der Waals surface area contributed by atoms with Crippen LogP contribution in [0.3, 0.4) is 0 Å². The van der Waals surface area contributed by atoms with Gasteiger partial charge in [-0.15, -0.1) is 0 Å². The summed E-state index contributed by atoms with van der Waals surface area (Å²) in [6, 6.07) is 10.9. The van der Waals surface area contributed by atoms with E-state index >= 15 is 0 Å². The molecule has 8 heteroatoms. The van der Waals surface area contributed by atoms with E-state index in [0.717, 1.165) is 16.7 Å². The Morgan fingerprint density at radius 3 is 2.22 bits per heavy atom. The third kappa shape index (κ3) is 7.73. The molecule has 0 fully saturated rings. The Hall–Kier alpha value is -3.55. The van der Waals surface area contributed by atoms with Gasteiger partial charge in [0.1, 0.15) is 23.4 Å². The Kier molecular flexibility index (Phi) is 9.90. The lowest BCUT2D eigenvalue weighted by atomic mass is 9.95. The van der Waals surface area contributed by atoms with Crippen LogP contribution >= 0.6 is 0 Å². The summed E-state index contributed by atoms with van der Waals surface area (Å²) >= 11 is 0. The van der Waals surface area contributed by atoms with E-state index in [1.165, 1.54) is 4.90 Å². The summed E-state index contributed by atoms with van der Waals surface area (Å²) in [6.45, 7) is 13.0. The molecule has 2 rings (SSSR count). The molecule has 2 atom stereocenters. The first-order valence-corrected chi connectivity index (χ1v) is 12.2. The minimum atomic E-state index is -0.901. The first-order valence-electron chi connectivity index (χ1n) is 12.2. The molecule has 36 heavy (non-hydrogen) atoms. The first kappa shape index (κ1) is 28.7. The molecule has 0 saturated carbocycles. The quantitative estimate of drug-likeness (QED) is 0.500. The maximum absolute atomic E-state index is 13.7. The van der Waals surface area contributed by atoms with Crippen molar-refractivity contribution in [1.82, 2.24) is 10.2 Å². The molecule has 8 nitrogen and oxygen atoms in total. The molecule has 0 bridgehead atoms. The average Bonchev–Trinajstić information content (AvgIpc) is 2.80. The zero-order chi connectivity index (χ0) is 27.0. The number of ether oxygens (including phenoxy) is 2. The van der Waals surface area contributed by atoms with Gasteiger partial charge in [0, 0.05) is 12.2 Å². The summed E-state index contributed by atoms with van der Waals surface area (Å²) in [7, 11) is 1.57. The van der Waals surface area contributed by atoms with E-state index in [-0.39, 0.29) is 11.8 Å². The Labute approximate surface area is 214 Å². The normalized spacial score (nSPS) is 12.8. The summed E-state index contributed by atoms with van der Waals surface area (Å²) in [5, 5.41) is 5.55. The average molecular weight is 498 g/mol. The molecule has 3 amide bonds. The van der Waals surface area contributed by atoms with Gasteiger partial charge in [-0.1, -0.05) is 25.1 Å². The van der Waals surface area contributed by atoms with Gasteiger partial charge in [0.05, 0.1) is 7.11 Å². The molecule has 0 radical (unpaired) electrons. The van der Waals surface area contributed by atoms with Gasteiger partial charge in [0.2, 0.25) is 5.91 Å². The van der Waals surface area contributed by atoms with Gasteiger partial charge < -0.3 is 25.0 Å². The van der Waals surface area contributed by atoms with Crippen molar-refractivity contribution in [3.63, 3.8) is 0 Å². The number of nitrogens with zero attached hydrogens (tertiary/aromatic N) is 1. The van der Waals surface area contributed by atoms with E-state index in [9.17, 15) is 14.4 Å². The van der Waals surface area contributed by atoms with E-state index in [2.05, 4.69) is 10.6 Å². The van der Waals surface area contributed by atoms with Crippen molar-refractivity contribution in [2.24, 2.45) is 0 Å². The predicted octanol–water partition coefficient (Wildman–Crippen LogP) is 5.14. The lowest BCUT2D eigenvalue weighted by Crippen LogP contribution is -2.51. The molecular formula is C28H39N3O5. The fourth-order valence-electron chi connectivity index (χ4n) is 3.81. The maximum Gasteiger partial charge on any atom is 0.408 e. The molecule has 2 unspecified atom stereocenters. The number of rotatable bonds is 9. The molecule has 0 heterocycles. The number of methoxy groups -OCH3 is 1. The van der Waals surface area contributed by atoms with Gasteiger partial charge in [-0.25, -0.2) is 4.79 Å². The Bertz CT molecular complexity index is 1060. The number of anilines is 1. The van der Waals surface area contributed by atoms with Crippen LogP contribution in [-0.4, -0.2) is 48.1 Å². The van der Waals surface area contributed by atoms with Crippen molar-refractivity contribution >= 4 is 23.6 Å². The van der Waals surface area contributed by atoms with Crippen LogP contribution in [0.5, 0.6) is 5.75 Å². The van der Waals surface area contributed by atoms with Gasteiger partial charge >= 0.3 is 6.09 Å². The number of amides is 3. The molecule has 2 aromatic carbocycles. The number of alkyl carbamates (subject to hydrolysis) is 1. The molecule has 2 N–H and O–H groups in total. The highest BCUT2D eigenvalue weighted by molar-refractivity contribution is 5.99. The van der Waals surface area contributed by atoms with Crippen molar-refractivity contribution in [2.45, 2.75) is 72.6 Å². The third-order valence-electron chi connectivity index (χ3n) is 5.71. The second-order valence-corrected chi connectivity index (χ2v) is 9.81. The van der Waals surface area contributed by atoms with E-state index < -0.39 is 23.8 Å². The molecule has 0 saturated heterocycles. The maximum atomic E-state index is 13.7. The second-order valence-electron chi connectivity index (χ2n) is 9.81. The summed E-state index contributed by atoms with van der Waals surface area (Å²) in [6.07, 6.45) is -0.0620. The lowest BCUT2D eigenvalue weighted by molar-refractivity contribution is -0.140. The van der Waals surface area contributed by atoms with Crippen LogP contribution in [0.25, 0.3) is 0 Å². The largest absolute Gasteiger partial charge is 0.497 e. The first-order chi connectivity index (χ1) is 16.9. The van der Waals surface area contributed by atoms with E-state index in [1.807, 2.05) is 39.0 Å². The summed E-state index contributed by atoms with van der Waals surface area (Å²) in [5.41, 5.74) is 2.55. The van der Waals surface area contributed by atoms with Crippen LogP contribution < -0.4 is 15.4 Å². The van der Waals surface area contributed by atoms with Gasteiger partial charge in [0.25, 0.3) is 5.91 Å². The molecule has 0 aromatic heterocycles. The minimum absolute atomic E-state index is 0.327.